The quantitative estimate of drug-likeness (QED) is 0.198. The number of carbonyl (C=O) groups is 1. The molecule has 0 radical (unpaired) electrons. The Morgan fingerprint density at radius 2 is 1.70 bits per heavy atom. The van der Waals surface area contributed by atoms with Crippen LogP contribution in [0.3, 0.4) is 0 Å². The van der Waals surface area contributed by atoms with E-state index in [0.29, 0.717) is 5.56 Å². The Hall–Kier alpha value is -2.21. The minimum atomic E-state index is -1.47. The molecule has 15 heteroatoms. The van der Waals surface area contributed by atoms with E-state index in [-0.39, 0.29) is 5.69 Å². The molecule has 2 aliphatic heterocycles. The monoisotopic (exact) mass is 544 g/mol. The van der Waals surface area contributed by atoms with Crippen molar-refractivity contribution in [2.45, 2.75) is 66.5 Å². The van der Waals surface area contributed by atoms with Crippen molar-refractivity contribution in [2.75, 3.05) is 13.2 Å². The summed E-state index contributed by atoms with van der Waals surface area (Å²) in [6, 6.07) is 3.29. The van der Waals surface area contributed by atoms with Crippen LogP contribution < -0.4 is 5.32 Å². The van der Waals surface area contributed by atoms with Crippen LogP contribution in [0.2, 0.25) is 0 Å². The summed E-state index contributed by atoms with van der Waals surface area (Å²) in [4.78, 5) is 11.6. The second-order valence-electron chi connectivity index (χ2n) is 8.86. The highest BCUT2D eigenvalue weighted by atomic mass is 32.2. The summed E-state index contributed by atoms with van der Waals surface area (Å²) in [7, 11) is 0. The molecule has 2 aliphatic rings. The van der Waals surface area contributed by atoms with Crippen LogP contribution in [0.5, 0.6) is 0 Å². The van der Waals surface area contributed by atoms with Gasteiger partial charge in [0.25, 0.3) is 0 Å². The Labute approximate surface area is 214 Å². The Kier molecular flexibility index (Phi) is 8.77. The number of rotatable bonds is 7. The molecule has 2 aromatic rings. The number of nitrogens with zero attached hydrogens (tertiary/aromatic N) is 3. The molecule has 1 amide bonds. The summed E-state index contributed by atoms with van der Waals surface area (Å²) in [5.41, 5.74) is -1.69. The van der Waals surface area contributed by atoms with Crippen LogP contribution in [0.15, 0.2) is 30.5 Å². The lowest BCUT2D eigenvalue weighted by atomic mass is 9.97. The smallest absolute Gasteiger partial charge is 0.217 e. The van der Waals surface area contributed by atoms with E-state index >= 15 is 0 Å². The molecule has 13 nitrogen and oxygen atoms in total. The van der Waals surface area contributed by atoms with Crippen LogP contribution in [0, 0.1) is 5.82 Å². The highest BCUT2D eigenvalue weighted by molar-refractivity contribution is 8.00. The molecule has 6 unspecified atom stereocenters. The minimum absolute atomic E-state index is 0.277. The molecule has 3 heterocycles. The third kappa shape index (κ3) is 5.79. The predicted molar refractivity (Wildman–Crippen MR) is 125 cm³/mol. The number of aliphatic hydroxyl groups is 6. The van der Waals surface area contributed by atoms with E-state index in [9.17, 15) is 39.8 Å². The van der Waals surface area contributed by atoms with Crippen molar-refractivity contribution in [1.29, 1.82) is 0 Å². The molecule has 2 saturated heterocycles. The topological polar surface area (TPSA) is 200 Å². The zero-order valence-electron chi connectivity index (χ0n) is 19.6. The van der Waals surface area contributed by atoms with Crippen LogP contribution in [-0.4, -0.2) is 118 Å². The number of benzene rings is 1. The van der Waals surface area contributed by atoms with Gasteiger partial charge in [-0.25, -0.2) is 9.07 Å². The fraction of sp³-hybridized carbons (Fsp3) is 0.591. The SMILES string of the molecule is CC(=O)NC1C(O)[C@H](S[C@@H]2OC(CO)[C@H](O)C(n3cc(-c4cccc(F)c4)nn3)C2O)OC(CO)[C@@H]1O. The Morgan fingerprint density at radius 1 is 1.05 bits per heavy atom. The lowest BCUT2D eigenvalue weighted by Crippen LogP contribution is -2.64. The van der Waals surface area contributed by atoms with Gasteiger partial charge in [0, 0.05) is 12.5 Å². The maximum absolute atomic E-state index is 13.6. The van der Waals surface area contributed by atoms with E-state index in [1.165, 1.54) is 36.0 Å². The van der Waals surface area contributed by atoms with Crippen LogP contribution >= 0.6 is 11.8 Å². The van der Waals surface area contributed by atoms with Crippen LogP contribution in [0.25, 0.3) is 11.3 Å². The molecule has 0 spiro atoms. The molecule has 37 heavy (non-hydrogen) atoms. The summed E-state index contributed by atoms with van der Waals surface area (Å²) in [5.74, 6) is -1.01. The fourth-order valence-electron chi connectivity index (χ4n) is 4.43. The average Bonchev–Trinajstić information content (AvgIpc) is 3.34. The summed E-state index contributed by atoms with van der Waals surface area (Å²) < 4.78 is 26.1. The molecular weight excluding hydrogens is 515 g/mol. The van der Waals surface area contributed by atoms with Crippen LogP contribution in [0.4, 0.5) is 4.39 Å². The largest absolute Gasteiger partial charge is 0.394 e. The number of halogens is 1. The van der Waals surface area contributed by atoms with E-state index in [2.05, 4.69) is 15.6 Å². The number of hydrogen-bond acceptors (Lipinski definition) is 12. The molecule has 4 rings (SSSR count). The predicted octanol–water partition coefficient (Wildman–Crippen LogP) is -2.26. The van der Waals surface area contributed by atoms with Gasteiger partial charge in [-0.05, 0) is 12.1 Å². The third-order valence-corrected chi connectivity index (χ3v) is 7.62. The van der Waals surface area contributed by atoms with E-state index in [4.69, 9.17) is 9.47 Å². The molecule has 10 atom stereocenters. The highest BCUT2D eigenvalue weighted by Crippen LogP contribution is 2.40. The zero-order chi connectivity index (χ0) is 26.9. The maximum atomic E-state index is 13.6. The van der Waals surface area contributed by atoms with E-state index in [0.717, 1.165) is 11.8 Å². The van der Waals surface area contributed by atoms with Gasteiger partial charge in [0.2, 0.25) is 5.91 Å². The number of nitrogens with one attached hydrogen (secondary N) is 1. The van der Waals surface area contributed by atoms with Crippen molar-refractivity contribution in [3.63, 3.8) is 0 Å². The fourth-order valence-corrected chi connectivity index (χ4v) is 5.76. The molecule has 0 bridgehead atoms. The molecular formula is C22H29FN4O9S. The van der Waals surface area contributed by atoms with Gasteiger partial charge < -0.3 is 45.4 Å². The van der Waals surface area contributed by atoms with Crippen molar-refractivity contribution in [3.8, 4) is 11.3 Å². The van der Waals surface area contributed by atoms with Gasteiger partial charge in [-0.15, -0.1) is 5.10 Å². The molecule has 1 aromatic heterocycles. The lowest BCUT2D eigenvalue weighted by molar-refractivity contribution is -0.185. The van der Waals surface area contributed by atoms with E-state index in [1.54, 1.807) is 6.07 Å². The Morgan fingerprint density at radius 3 is 2.32 bits per heavy atom. The van der Waals surface area contributed by atoms with E-state index < -0.39 is 84.5 Å². The lowest BCUT2D eigenvalue weighted by Gasteiger charge is -2.46. The van der Waals surface area contributed by atoms with Crippen molar-refractivity contribution in [2.24, 2.45) is 0 Å². The second kappa shape index (κ2) is 11.7. The van der Waals surface area contributed by atoms with Gasteiger partial charge in [-0.2, -0.15) is 0 Å². The zero-order valence-corrected chi connectivity index (χ0v) is 20.4. The van der Waals surface area contributed by atoms with Gasteiger partial charge in [-0.3, -0.25) is 4.79 Å². The first kappa shape index (κ1) is 27.8. The number of ether oxygens (including phenoxy) is 2. The standard InChI is InChI=1S/C22H29FN4O9S/c1-9(30)24-15-17(31)13(7-28)35-21(19(15)33)37-22-20(34)16(18(32)14(8-29)36-22)27-6-12(25-26-27)10-3-2-4-11(23)5-10/h2-6,13-22,28-29,31-34H,7-8H2,1H3,(H,24,30)/t13?,14?,15?,16?,17-,18-,19?,20?,21-,22-/m0/s1. The number of carbonyl (C=O) groups excluding carboxylic acids is 1. The van der Waals surface area contributed by atoms with Crippen molar-refractivity contribution >= 4 is 17.7 Å². The van der Waals surface area contributed by atoms with Gasteiger partial charge in [0.1, 0.15) is 65.0 Å². The maximum Gasteiger partial charge on any atom is 0.217 e. The van der Waals surface area contributed by atoms with Gasteiger partial charge in [0.05, 0.1) is 25.5 Å². The van der Waals surface area contributed by atoms with Crippen molar-refractivity contribution in [1.82, 2.24) is 20.3 Å². The van der Waals surface area contributed by atoms with Gasteiger partial charge in [0.15, 0.2) is 0 Å². The molecule has 2 fully saturated rings. The first-order valence-corrected chi connectivity index (χ1v) is 12.4. The normalized spacial score (nSPS) is 36.3. The Bertz CT molecular complexity index is 1080. The van der Waals surface area contributed by atoms with E-state index in [1.807, 2.05) is 0 Å². The minimum Gasteiger partial charge on any atom is -0.394 e. The molecule has 1 aromatic carbocycles. The summed E-state index contributed by atoms with van der Waals surface area (Å²) >= 11 is 0.783. The molecule has 0 aliphatic carbocycles. The molecule has 0 saturated carbocycles. The van der Waals surface area contributed by atoms with Gasteiger partial charge in [-0.1, -0.05) is 29.1 Å². The highest BCUT2D eigenvalue weighted by Gasteiger charge is 2.51. The summed E-state index contributed by atoms with van der Waals surface area (Å²) in [6.45, 7) is -0.0297. The summed E-state index contributed by atoms with van der Waals surface area (Å²) in [6.07, 6.45) is -6.68. The number of aromatic nitrogens is 3. The van der Waals surface area contributed by atoms with Gasteiger partial charge >= 0.3 is 0 Å². The molecule has 7 N–H and O–H groups in total. The summed E-state index contributed by atoms with van der Waals surface area (Å²) in [5, 5.41) is 73.0. The van der Waals surface area contributed by atoms with Crippen LogP contribution in [0.1, 0.15) is 13.0 Å². The first-order valence-electron chi connectivity index (χ1n) is 11.5. The average molecular weight is 545 g/mol. The number of aliphatic hydroxyl groups excluding tert-OH is 6. The Balaban J connectivity index is 1.58. The second-order valence-corrected chi connectivity index (χ2v) is 10.1. The van der Waals surface area contributed by atoms with Crippen molar-refractivity contribution < 1.29 is 49.3 Å². The first-order chi connectivity index (χ1) is 17.6. The van der Waals surface area contributed by atoms with Crippen molar-refractivity contribution in [3.05, 3.63) is 36.3 Å². The number of thioether (sulfide) groups is 1. The molecule has 204 valence electrons. The van der Waals surface area contributed by atoms with Crippen LogP contribution in [-0.2, 0) is 14.3 Å². The number of hydrogen-bond donors (Lipinski definition) is 7. The number of amides is 1. The third-order valence-electron chi connectivity index (χ3n) is 6.31.